The van der Waals surface area contributed by atoms with E-state index in [4.69, 9.17) is 9.47 Å². The normalized spacial score (nSPS) is 32.3. The Kier molecular flexibility index (Phi) is 10.0. The zero-order chi connectivity index (χ0) is 18.7. The van der Waals surface area contributed by atoms with Gasteiger partial charge in [-0.05, 0) is 38.5 Å². The van der Waals surface area contributed by atoms with Crippen molar-refractivity contribution in [3.8, 4) is 6.07 Å². The Morgan fingerprint density at radius 3 is 2.12 bits per heavy atom. The molecule has 3 nitrogen and oxygen atoms in total. The van der Waals surface area contributed by atoms with Crippen LogP contribution in [0.1, 0.15) is 104 Å². The molecule has 26 heavy (non-hydrogen) atoms. The first-order chi connectivity index (χ1) is 12.7. The van der Waals surface area contributed by atoms with Crippen LogP contribution in [0.5, 0.6) is 0 Å². The first kappa shape index (κ1) is 21.7. The van der Waals surface area contributed by atoms with E-state index in [0.29, 0.717) is 11.8 Å². The third-order valence-electron chi connectivity index (χ3n) is 6.58. The molecule has 0 aromatic carbocycles. The molecule has 0 bridgehead atoms. The minimum absolute atomic E-state index is 0.0151. The summed E-state index contributed by atoms with van der Waals surface area (Å²) in [7, 11) is 0. The Bertz CT molecular complexity index is 401. The second-order valence-electron chi connectivity index (χ2n) is 8.79. The van der Waals surface area contributed by atoms with Gasteiger partial charge in [0.05, 0.1) is 24.7 Å². The number of unbranched alkanes of at least 4 members (excludes halogenated alkanes) is 6. The summed E-state index contributed by atoms with van der Waals surface area (Å²) < 4.78 is 12.2. The molecule has 1 aliphatic carbocycles. The van der Waals surface area contributed by atoms with Gasteiger partial charge in [0, 0.05) is 11.8 Å². The second kappa shape index (κ2) is 12.0. The molecule has 1 heterocycles. The van der Waals surface area contributed by atoms with Gasteiger partial charge in [-0.2, -0.15) is 5.26 Å². The quantitative estimate of drug-likeness (QED) is 0.387. The monoisotopic (exact) mass is 363 g/mol. The molecule has 0 N–H and O–H groups in total. The van der Waals surface area contributed by atoms with Crippen LogP contribution in [-0.2, 0) is 9.47 Å². The van der Waals surface area contributed by atoms with Gasteiger partial charge < -0.3 is 9.47 Å². The van der Waals surface area contributed by atoms with E-state index in [1.54, 1.807) is 0 Å². The molecule has 0 spiro atoms. The predicted molar refractivity (Wildman–Crippen MR) is 107 cm³/mol. The number of hydrogen-bond donors (Lipinski definition) is 0. The van der Waals surface area contributed by atoms with Gasteiger partial charge in [0.25, 0.3) is 0 Å². The van der Waals surface area contributed by atoms with Crippen LogP contribution in [0.15, 0.2) is 0 Å². The Hall–Kier alpha value is -0.590. The van der Waals surface area contributed by atoms with Crippen LogP contribution in [0.25, 0.3) is 0 Å². The van der Waals surface area contributed by atoms with Gasteiger partial charge in [-0.25, -0.2) is 0 Å². The van der Waals surface area contributed by atoms with Crippen molar-refractivity contribution in [1.82, 2.24) is 0 Å². The van der Waals surface area contributed by atoms with Crippen molar-refractivity contribution in [2.24, 2.45) is 17.3 Å². The minimum atomic E-state index is -0.0694. The fourth-order valence-corrected chi connectivity index (χ4v) is 4.63. The number of nitrogens with zero attached hydrogens (tertiary/aromatic N) is 1. The summed E-state index contributed by atoms with van der Waals surface area (Å²) >= 11 is 0. The van der Waals surface area contributed by atoms with E-state index >= 15 is 0 Å². The molecular formula is C23H41NO2. The lowest BCUT2D eigenvalue weighted by atomic mass is 9.68. The summed E-state index contributed by atoms with van der Waals surface area (Å²) in [5.41, 5.74) is -0.0694. The summed E-state index contributed by atoms with van der Waals surface area (Å²) in [6.07, 6.45) is 16.9. The molecule has 0 unspecified atom stereocenters. The third kappa shape index (κ3) is 6.86. The van der Waals surface area contributed by atoms with E-state index in [2.05, 4.69) is 19.9 Å². The Labute approximate surface area is 161 Å². The van der Waals surface area contributed by atoms with Crippen LogP contribution < -0.4 is 0 Å². The van der Waals surface area contributed by atoms with Crippen LogP contribution in [0.2, 0.25) is 0 Å². The summed E-state index contributed by atoms with van der Waals surface area (Å²) in [4.78, 5) is 0. The molecule has 0 aromatic heterocycles. The summed E-state index contributed by atoms with van der Waals surface area (Å²) in [6, 6.07) is 2.69. The van der Waals surface area contributed by atoms with Crippen LogP contribution in [-0.4, -0.2) is 19.5 Å². The van der Waals surface area contributed by atoms with Gasteiger partial charge >= 0.3 is 0 Å². The molecule has 1 aliphatic heterocycles. The highest BCUT2D eigenvalue weighted by Crippen LogP contribution is 2.44. The molecule has 0 radical (unpaired) electrons. The van der Waals surface area contributed by atoms with Crippen molar-refractivity contribution in [2.45, 2.75) is 110 Å². The molecule has 1 saturated carbocycles. The average Bonchev–Trinajstić information content (AvgIpc) is 2.69. The molecule has 2 fully saturated rings. The summed E-state index contributed by atoms with van der Waals surface area (Å²) in [6.45, 7) is 6.23. The standard InChI is InChI=1S/C23H41NO2/c1-3-5-7-8-10-14-23(19-24)15-12-21(13-16-23)22-25-17-20(18-26-22)11-9-6-4-2/h20-22H,3-18H2,1-2H3. The van der Waals surface area contributed by atoms with Gasteiger partial charge in [-0.1, -0.05) is 65.2 Å². The van der Waals surface area contributed by atoms with Gasteiger partial charge in [0.2, 0.25) is 0 Å². The maximum Gasteiger partial charge on any atom is 0.160 e. The van der Waals surface area contributed by atoms with E-state index < -0.39 is 0 Å². The maximum absolute atomic E-state index is 9.77. The largest absolute Gasteiger partial charge is 0.352 e. The van der Waals surface area contributed by atoms with Crippen molar-refractivity contribution in [3.63, 3.8) is 0 Å². The summed E-state index contributed by atoms with van der Waals surface area (Å²) in [5, 5.41) is 9.77. The van der Waals surface area contributed by atoms with Crippen molar-refractivity contribution in [3.05, 3.63) is 0 Å². The fraction of sp³-hybridized carbons (Fsp3) is 0.957. The first-order valence-corrected chi connectivity index (χ1v) is 11.4. The molecule has 2 aliphatic rings. The first-order valence-electron chi connectivity index (χ1n) is 11.4. The molecule has 1 saturated heterocycles. The maximum atomic E-state index is 9.77. The van der Waals surface area contributed by atoms with E-state index in [-0.39, 0.29) is 11.7 Å². The lowest BCUT2D eigenvalue weighted by Crippen LogP contribution is -2.40. The van der Waals surface area contributed by atoms with Crippen molar-refractivity contribution in [1.29, 1.82) is 5.26 Å². The molecular weight excluding hydrogens is 322 g/mol. The van der Waals surface area contributed by atoms with Crippen molar-refractivity contribution < 1.29 is 9.47 Å². The van der Waals surface area contributed by atoms with Crippen LogP contribution in [0.4, 0.5) is 0 Å². The van der Waals surface area contributed by atoms with Crippen LogP contribution in [0, 0.1) is 28.6 Å². The SMILES string of the molecule is CCCCCCCC1(C#N)CCC(C2OCC(CCCCC)CO2)CC1. The summed E-state index contributed by atoms with van der Waals surface area (Å²) in [5.74, 6) is 1.08. The smallest absolute Gasteiger partial charge is 0.160 e. The predicted octanol–water partition coefficient (Wildman–Crippen LogP) is 6.62. The lowest BCUT2D eigenvalue weighted by Gasteiger charge is -2.40. The average molecular weight is 364 g/mol. The van der Waals surface area contributed by atoms with Crippen molar-refractivity contribution in [2.75, 3.05) is 13.2 Å². The van der Waals surface area contributed by atoms with E-state index in [1.807, 2.05) is 0 Å². The second-order valence-corrected chi connectivity index (χ2v) is 8.79. The number of ether oxygens (including phenoxy) is 2. The van der Waals surface area contributed by atoms with Gasteiger partial charge in [-0.3, -0.25) is 0 Å². The van der Waals surface area contributed by atoms with E-state index in [0.717, 1.165) is 45.3 Å². The Morgan fingerprint density at radius 2 is 1.50 bits per heavy atom. The van der Waals surface area contributed by atoms with E-state index in [1.165, 1.54) is 57.8 Å². The molecule has 0 atom stereocenters. The zero-order valence-electron chi connectivity index (χ0n) is 17.3. The Balaban J connectivity index is 1.66. The van der Waals surface area contributed by atoms with Crippen LogP contribution >= 0.6 is 0 Å². The van der Waals surface area contributed by atoms with Crippen molar-refractivity contribution >= 4 is 0 Å². The number of hydrogen-bond acceptors (Lipinski definition) is 3. The highest BCUT2D eigenvalue weighted by molar-refractivity contribution is 5.01. The van der Waals surface area contributed by atoms with E-state index in [9.17, 15) is 5.26 Å². The highest BCUT2D eigenvalue weighted by atomic mass is 16.7. The third-order valence-corrected chi connectivity index (χ3v) is 6.58. The topological polar surface area (TPSA) is 42.2 Å². The van der Waals surface area contributed by atoms with Gasteiger partial charge in [0.15, 0.2) is 6.29 Å². The molecule has 3 heteroatoms. The molecule has 2 rings (SSSR count). The molecule has 150 valence electrons. The molecule has 0 aromatic rings. The van der Waals surface area contributed by atoms with Gasteiger partial charge in [0.1, 0.15) is 0 Å². The minimum Gasteiger partial charge on any atom is -0.352 e. The zero-order valence-corrected chi connectivity index (χ0v) is 17.3. The number of rotatable bonds is 11. The number of nitriles is 1. The van der Waals surface area contributed by atoms with Gasteiger partial charge in [-0.15, -0.1) is 0 Å². The Morgan fingerprint density at radius 1 is 0.885 bits per heavy atom. The molecule has 0 amide bonds. The van der Waals surface area contributed by atoms with Crippen LogP contribution in [0.3, 0.4) is 0 Å². The highest BCUT2D eigenvalue weighted by Gasteiger charge is 2.39. The lowest BCUT2D eigenvalue weighted by molar-refractivity contribution is -0.231. The fourth-order valence-electron chi connectivity index (χ4n) is 4.63.